The van der Waals surface area contributed by atoms with Crippen LogP contribution in [-0.4, -0.2) is 31.9 Å². The number of halogens is 5. The van der Waals surface area contributed by atoms with Crippen LogP contribution in [0, 0.1) is 24.5 Å². The molecule has 0 aromatic heterocycles. The lowest BCUT2D eigenvalue weighted by molar-refractivity contribution is -0.138. The summed E-state index contributed by atoms with van der Waals surface area (Å²) in [6, 6.07) is 20.7. The molecule has 0 amide bonds. The van der Waals surface area contributed by atoms with Crippen LogP contribution in [0.4, 0.5) is 27.6 Å². The van der Waals surface area contributed by atoms with E-state index in [1.54, 1.807) is 56.5 Å². The molecule has 1 N–H and O–H groups in total. The van der Waals surface area contributed by atoms with E-state index in [4.69, 9.17) is 14.2 Å². The van der Waals surface area contributed by atoms with Crippen molar-refractivity contribution in [2.45, 2.75) is 50.8 Å². The largest absolute Gasteiger partial charge is 0.455 e. The summed E-state index contributed by atoms with van der Waals surface area (Å²) in [5.74, 6) is -2.31. The molecule has 47 heavy (non-hydrogen) atoms. The van der Waals surface area contributed by atoms with Gasteiger partial charge in [0.2, 0.25) is 0 Å². The number of ether oxygens (including phenoxy) is 3. The second-order valence-corrected chi connectivity index (χ2v) is 11.9. The van der Waals surface area contributed by atoms with E-state index in [1.807, 2.05) is 11.0 Å². The lowest BCUT2D eigenvalue weighted by Crippen LogP contribution is -2.46. The molecule has 1 aliphatic rings. The molecular formula is C37H38F5NO4. The molecule has 5 rings (SSSR count). The first kappa shape index (κ1) is 34.2. The van der Waals surface area contributed by atoms with Crippen molar-refractivity contribution in [3.8, 4) is 23.0 Å². The SMILES string of the molecule is COCCCC[C@@](O)(c1cc(F)cc(F)c1Oc1ccccc1C)C1CCCN(c2ccccc2Oc2ccccc2C(F)(F)F)C1. The molecule has 0 bridgehead atoms. The highest BCUT2D eigenvalue weighted by molar-refractivity contribution is 5.60. The summed E-state index contributed by atoms with van der Waals surface area (Å²) in [5, 5.41) is 12.6. The van der Waals surface area contributed by atoms with Gasteiger partial charge in [-0.05, 0) is 81.0 Å². The van der Waals surface area contributed by atoms with Gasteiger partial charge in [-0.25, -0.2) is 8.78 Å². The van der Waals surface area contributed by atoms with Crippen molar-refractivity contribution in [1.29, 1.82) is 0 Å². The van der Waals surface area contributed by atoms with Crippen LogP contribution in [-0.2, 0) is 16.5 Å². The lowest BCUT2D eigenvalue weighted by Gasteiger charge is -2.44. The Morgan fingerprint density at radius 3 is 2.23 bits per heavy atom. The van der Waals surface area contributed by atoms with Crippen molar-refractivity contribution < 1.29 is 41.3 Å². The molecule has 0 radical (unpaired) electrons. The fourth-order valence-corrected chi connectivity index (χ4v) is 6.26. The number of piperidine rings is 1. The number of rotatable bonds is 12. The number of hydrogen-bond acceptors (Lipinski definition) is 5. The Labute approximate surface area is 271 Å². The zero-order valence-electron chi connectivity index (χ0n) is 26.3. The number of para-hydroxylation sites is 4. The molecule has 1 aliphatic heterocycles. The second-order valence-electron chi connectivity index (χ2n) is 11.9. The van der Waals surface area contributed by atoms with Crippen LogP contribution in [0.25, 0.3) is 0 Å². The van der Waals surface area contributed by atoms with Crippen molar-refractivity contribution in [2.75, 3.05) is 31.7 Å². The summed E-state index contributed by atoms with van der Waals surface area (Å²) in [6.07, 6.45) is -2.21. The summed E-state index contributed by atoms with van der Waals surface area (Å²) in [4.78, 5) is 1.94. The molecule has 1 unspecified atom stereocenters. The minimum atomic E-state index is -4.61. The number of methoxy groups -OCH3 is 1. The Balaban J connectivity index is 1.52. The van der Waals surface area contributed by atoms with Crippen LogP contribution >= 0.6 is 0 Å². The van der Waals surface area contributed by atoms with Gasteiger partial charge in [0, 0.05) is 44.4 Å². The summed E-state index contributed by atoms with van der Waals surface area (Å²) in [6.45, 7) is 3.02. The van der Waals surface area contributed by atoms with E-state index < -0.39 is 34.9 Å². The molecule has 5 nitrogen and oxygen atoms in total. The van der Waals surface area contributed by atoms with Crippen LogP contribution < -0.4 is 14.4 Å². The van der Waals surface area contributed by atoms with E-state index >= 15 is 4.39 Å². The van der Waals surface area contributed by atoms with E-state index in [2.05, 4.69) is 0 Å². The first-order chi connectivity index (χ1) is 22.5. The minimum Gasteiger partial charge on any atom is -0.455 e. The van der Waals surface area contributed by atoms with Crippen LogP contribution in [0.3, 0.4) is 0 Å². The summed E-state index contributed by atoms with van der Waals surface area (Å²) in [7, 11) is 1.58. The van der Waals surface area contributed by atoms with Gasteiger partial charge in [-0.3, -0.25) is 0 Å². The average Bonchev–Trinajstić information content (AvgIpc) is 3.05. The van der Waals surface area contributed by atoms with Crippen molar-refractivity contribution in [2.24, 2.45) is 5.92 Å². The van der Waals surface area contributed by atoms with Crippen molar-refractivity contribution in [1.82, 2.24) is 0 Å². The average molecular weight is 656 g/mol. The van der Waals surface area contributed by atoms with E-state index in [-0.39, 0.29) is 35.8 Å². The van der Waals surface area contributed by atoms with E-state index in [0.717, 1.165) is 23.8 Å². The maximum absolute atomic E-state index is 15.6. The highest BCUT2D eigenvalue weighted by atomic mass is 19.4. The van der Waals surface area contributed by atoms with Crippen LogP contribution in [0.5, 0.6) is 23.0 Å². The Morgan fingerprint density at radius 1 is 0.830 bits per heavy atom. The molecule has 250 valence electrons. The number of hydrogen-bond donors (Lipinski definition) is 1. The van der Waals surface area contributed by atoms with Crippen molar-refractivity contribution in [3.63, 3.8) is 0 Å². The van der Waals surface area contributed by atoms with Gasteiger partial charge in [-0.2, -0.15) is 13.2 Å². The Hall–Kier alpha value is -4.15. The topological polar surface area (TPSA) is 51.2 Å². The molecule has 0 saturated carbocycles. The molecule has 1 heterocycles. The number of alkyl halides is 3. The molecule has 1 saturated heterocycles. The zero-order chi connectivity index (χ0) is 33.6. The maximum Gasteiger partial charge on any atom is 0.419 e. The molecule has 0 aliphatic carbocycles. The molecule has 2 atom stereocenters. The first-order valence-electron chi connectivity index (χ1n) is 15.6. The van der Waals surface area contributed by atoms with Gasteiger partial charge in [0.25, 0.3) is 0 Å². The predicted molar refractivity (Wildman–Crippen MR) is 170 cm³/mol. The molecule has 4 aromatic carbocycles. The van der Waals surface area contributed by atoms with Gasteiger partial charge in [0.05, 0.1) is 16.9 Å². The van der Waals surface area contributed by atoms with Gasteiger partial charge >= 0.3 is 6.18 Å². The molecule has 1 fully saturated rings. The third-order valence-electron chi connectivity index (χ3n) is 8.65. The van der Waals surface area contributed by atoms with Crippen molar-refractivity contribution >= 4 is 5.69 Å². The quantitative estimate of drug-likeness (QED) is 0.122. The normalized spacial score (nSPS) is 16.5. The second kappa shape index (κ2) is 14.7. The lowest BCUT2D eigenvalue weighted by atomic mass is 9.73. The molecule has 10 heteroatoms. The first-order valence-corrected chi connectivity index (χ1v) is 15.6. The number of aryl methyl sites for hydroxylation is 1. The molecule has 0 spiro atoms. The number of aliphatic hydroxyl groups is 1. The maximum atomic E-state index is 15.6. The van der Waals surface area contributed by atoms with E-state index in [9.17, 15) is 22.7 Å². The third kappa shape index (κ3) is 7.88. The summed E-state index contributed by atoms with van der Waals surface area (Å²) in [5.41, 5.74) is -1.35. The van der Waals surface area contributed by atoms with Gasteiger partial charge in [-0.1, -0.05) is 42.5 Å². The van der Waals surface area contributed by atoms with Crippen LogP contribution in [0.15, 0.2) is 84.9 Å². The Morgan fingerprint density at radius 2 is 1.51 bits per heavy atom. The summed E-state index contributed by atoms with van der Waals surface area (Å²) < 4.78 is 89.0. The molecular weight excluding hydrogens is 617 g/mol. The third-order valence-corrected chi connectivity index (χ3v) is 8.65. The van der Waals surface area contributed by atoms with E-state index in [0.29, 0.717) is 50.3 Å². The highest BCUT2D eigenvalue weighted by Gasteiger charge is 2.44. The molecule has 4 aromatic rings. The van der Waals surface area contributed by atoms with Gasteiger partial charge in [0.1, 0.15) is 17.3 Å². The van der Waals surface area contributed by atoms with Gasteiger partial charge < -0.3 is 24.2 Å². The van der Waals surface area contributed by atoms with Crippen LogP contribution in [0.1, 0.15) is 48.8 Å². The number of unbranched alkanes of at least 4 members (excludes halogenated alkanes) is 1. The predicted octanol–water partition coefficient (Wildman–Crippen LogP) is 9.80. The Kier molecular flexibility index (Phi) is 10.7. The Bertz CT molecular complexity index is 1660. The van der Waals surface area contributed by atoms with Gasteiger partial charge in [0.15, 0.2) is 17.3 Å². The standard InChI is InChI=1S/C37H38F5NO4/c1-25-12-3-6-16-32(25)47-35-29(22-27(38)23-30(35)39)36(44,19-9-10-21-45-2)26-13-11-20-43(24-26)31-15-5-8-18-34(31)46-33-17-7-4-14-28(33)37(40,41)42/h3-8,12,14-18,22-23,26,44H,9-11,13,19-21,24H2,1-2H3/t26?,36-/m0/s1. The monoisotopic (exact) mass is 655 g/mol. The zero-order valence-corrected chi connectivity index (χ0v) is 26.3. The minimum absolute atomic E-state index is 0.00570. The highest BCUT2D eigenvalue weighted by Crippen LogP contribution is 2.47. The van der Waals surface area contributed by atoms with E-state index in [1.165, 1.54) is 18.2 Å². The summed E-state index contributed by atoms with van der Waals surface area (Å²) >= 11 is 0. The fourth-order valence-electron chi connectivity index (χ4n) is 6.26. The number of nitrogens with zero attached hydrogens (tertiary/aromatic N) is 1. The van der Waals surface area contributed by atoms with Gasteiger partial charge in [-0.15, -0.1) is 0 Å². The number of anilines is 1. The smallest absolute Gasteiger partial charge is 0.419 e. The number of benzene rings is 4. The van der Waals surface area contributed by atoms with Crippen LogP contribution in [0.2, 0.25) is 0 Å². The van der Waals surface area contributed by atoms with Crippen molar-refractivity contribution in [3.05, 3.63) is 113 Å². The fraction of sp³-hybridized carbons (Fsp3) is 0.351.